The summed E-state index contributed by atoms with van der Waals surface area (Å²) in [4.78, 5) is 14.1. The maximum absolute atomic E-state index is 12.2. The molecule has 2 rings (SSSR count). The van der Waals surface area contributed by atoms with Gasteiger partial charge in [0.15, 0.2) is 0 Å². The van der Waals surface area contributed by atoms with Crippen LogP contribution >= 0.6 is 12.4 Å². The number of likely N-dealkylation sites (tertiary alicyclic amines) is 1. The number of carbonyl (C=O) groups excluding carboxylic acids is 1. The molecule has 0 spiro atoms. The van der Waals surface area contributed by atoms with E-state index in [0.717, 1.165) is 25.9 Å². The number of hydrogen-bond acceptors (Lipinski definition) is 3. The van der Waals surface area contributed by atoms with Crippen LogP contribution in [0, 0.1) is 11.3 Å². The van der Waals surface area contributed by atoms with Gasteiger partial charge in [0.1, 0.15) is 6.61 Å². The van der Waals surface area contributed by atoms with Crippen LogP contribution in [0.25, 0.3) is 0 Å². The predicted octanol–water partition coefficient (Wildman–Crippen LogP) is 2.20. The highest BCUT2D eigenvalue weighted by molar-refractivity contribution is 5.85. The summed E-state index contributed by atoms with van der Waals surface area (Å²) in [6, 6.07) is 0. The number of nitrogens with two attached hydrogens (primary N) is 1. The molecule has 0 aromatic heterocycles. The summed E-state index contributed by atoms with van der Waals surface area (Å²) in [6.45, 7) is 6.90. The van der Waals surface area contributed by atoms with Crippen LogP contribution in [0.15, 0.2) is 0 Å². The molecule has 118 valence electrons. The van der Waals surface area contributed by atoms with E-state index in [4.69, 9.17) is 10.5 Å². The summed E-state index contributed by atoms with van der Waals surface area (Å²) in [6.07, 6.45) is 6.16. The van der Waals surface area contributed by atoms with E-state index in [2.05, 4.69) is 13.8 Å². The molecule has 2 N–H and O–H groups in total. The third-order valence-electron chi connectivity index (χ3n) is 4.86. The van der Waals surface area contributed by atoms with Crippen LogP contribution in [-0.2, 0) is 9.53 Å². The van der Waals surface area contributed by atoms with Gasteiger partial charge in [-0.05, 0) is 37.1 Å². The molecule has 1 saturated carbocycles. The molecule has 1 amide bonds. The van der Waals surface area contributed by atoms with Gasteiger partial charge in [0.05, 0.1) is 6.10 Å². The molecule has 0 radical (unpaired) electrons. The van der Waals surface area contributed by atoms with E-state index in [1.165, 1.54) is 19.3 Å². The zero-order valence-electron chi connectivity index (χ0n) is 12.8. The number of ether oxygens (including phenoxy) is 1. The van der Waals surface area contributed by atoms with E-state index >= 15 is 0 Å². The second-order valence-electron chi connectivity index (χ2n) is 6.69. The molecule has 4 nitrogen and oxygen atoms in total. The van der Waals surface area contributed by atoms with Crippen molar-refractivity contribution in [2.45, 2.75) is 52.1 Å². The molecule has 2 fully saturated rings. The van der Waals surface area contributed by atoms with Crippen molar-refractivity contribution in [3.05, 3.63) is 0 Å². The summed E-state index contributed by atoms with van der Waals surface area (Å²) < 4.78 is 5.85. The minimum absolute atomic E-state index is 0. The fourth-order valence-corrected chi connectivity index (χ4v) is 3.20. The maximum Gasteiger partial charge on any atom is 0.248 e. The van der Waals surface area contributed by atoms with Gasteiger partial charge in [0.2, 0.25) is 5.91 Å². The van der Waals surface area contributed by atoms with Gasteiger partial charge < -0.3 is 15.4 Å². The average Bonchev–Trinajstić information content (AvgIpc) is 2.81. The highest BCUT2D eigenvalue weighted by Gasteiger charge is 2.35. The highest BCUT2D eigenvalue weighted by atomic mass is 35.5. The number of nitrogens with zero attached hydrogens (tertiary/aromatic N) is 1. The predicted molar refractivity (Wildman–Crippen MR) is 83.0 cm³/mol. The molecular formula is C15H29ClN2O2. The van der Waals surface area contributed by atoms with Crippen molar-refractivity contribution in [3.63, 3.8) is 0 Å². The molecule has 1 heterocycles. The second-order valence-corrected chi connectivity index (χ2v) is 6.69. The Balaban J connectivity index is 0.00000200. The quantitative estimate of drug-likeness (QED) is 0.866. The first-order valence-corrected chi connectivity index (χ1v) is 7.63. The van der Waals surface area contributed by atoms with E-state index in [9.17, 15) is 4.79 Å². The van der Waals surface area contributed by atoms with E-state index in [1.807, 2.05) is 4.90 Å². The minimum Gasteiger partial charge on any atom is -0.368 e. The molecule has 3 atom stereocenters. The lowest BCUT2D eigenvalue weighted by atomic mass is 9.88. The van der Waals surface area contributed by atoms with Crippen LogP contribution < -0.4 is 5.73 Å². The summed E-state index contributed by atoms with van der Waals surface area (Å²) in [5.41, 5.74) is 5.88. The van der Waals surface area contributed by atoms with Crippen molar-refractivity contribution in [1.29, 1.82) is 0 Å². The molecule has 3 unspecified atom stereocenters. The summed E-state index contributed by atoms with van der Waals surface area (Å²) in [5.74, 6) is 0.726. The van der Waals surface area contributed by atoms with E-state index in [-0.39, 0.29) is 36.4 Å². The van der Waals surface area contributed by atoms with Crippen LogP contribution in [0.1, 0.15) is 46.0 Å². The Morgan fingerprint density at radius 3 is 2.70 bits per heavy atom. The highest BCUT2D eigenvalue weighted by Crippen LogP contribution is 2.29. The lowest BCUT2D eigenvalue weighted by Gasteiger charge is -2.29. The third kappa shape index (κ3) is 4.34. The Bertz CT molecular complexity index is 327. The number of carbonyl (C=O) groups is 1. The maximum atomic E-state index is 12.2. The monoisotopic (exact) mass is 304 g/mol. The zero-order valence-corrected chi connectivity index (χ0v) is 13.6. The van der Waals surface area contributed by atoms with Crippen LogP contribution in [0.4, 0.5) is 0 Å². The van der Waals surface area contributed by atoms with Crippen LogP contribution in [-0.4, -0.2) is 43.2 Å². The number of hydrogen-bond donors (Lipinski definition) is 1. The van der Waals surface area contributed by atoms with Gasteiger partial charge in [-0.3, -0.25) is 4.79 Å². The number of rotatable bonds is 4. The van der Waals surface area contributed by atoms with Gasteiger partial charge in [-0.2, -0.15) is 0 Å². The average molecular weight is 305 g/mol. The van der Waals surface area contributed by atoms with Gasteiger partial charge in [-0.15, -0.1) is 12.4 Å². The Hall–Kier alpha value is -0.320. The largest absolute Gasteiger partial charge is 0.368 e. The van der Waals surface area contributed by atoms with Crippen molar-refractivity contribution in [3.8, 4) is 0 Å². The van der Waals surface area contributed by atoms with E-state index in [1.54, 1.807) is 0 Å². The summed E-state index contributed by atoms with van der Waals surface area (Å²) in [7, 11) is 0. The zero-order chi connectivity index (χ0) is 13.9. The molecule has 1 aliphatic heterocycles. The minimum atomic E-state index is 0. The normalized spacial score (nSPS) is 33.9. The van der Waals surface area contributed by atoms with Crippen molar-refractivity contribution in [2.24, 2.45) is 17.1 Å². The molecule has 0 bridgehead atoms. The smallest absolute Gasteiger partial charge is 0.248 e. The van der Waals surface area contributed by atoms with Gasteiger partial charge in [-0.25, -0.2) is 0 Å². The molecule has 0 aromatic rings. The standard InChI is InChI=1S/C15H28N2O2.ClH/c1-12-5-3-4-6-13(12)19-9-14(18)17-8-7-15(2,10-16)11-17;/h12-13H,3-11,16H2,1-2H3;1H. The molecule has 2 aliphatic rings. The number of amides is 1. The first-order valence-electron chi connectivity index (χ1n) is 7.63. The lowest BCUT2D eigenvalue weighted by Crippen LogP contribution is -2.38. The Kier molecular flexibility index (Phi) is 6.76. The fourth-order valence-electron chi connectivity index (χ4n) is 3.20. The van der Waals surface area contributed by atoms with E-state index in [0.29, 0.717) is 12.5 Å². The van der Waals surface area contributed by atoms with Crippen LogP contribution in [0.5, 0.6) is 0 Å². The van der Waals surface area contributed by atoms with Gasteiger partial charge in [-0.1, -0.05) is 26.7 Å². The van der Waals surface area contributed by atoms with Gasteiger partial charge in [0, 0.05) is 13.1 Å². The SMILES string of the molecule is CC1CCCCC1OCC(=O)N1CCC(C)(CN)C1.Cl. The van der Waals surface area contributed by atoms with Crippen molar-refractivity contribution in [1.82, 2.24) is 4.90 Å². The third-order valence-corrected chi connectivity index (χ3v) is 4.86. The van der Waals surface area contributed by atoms with Crippen molar-refractivity contribution >= 4 is 18.3 Å². The van der Waals surface area contributed by atoms with Crippen molar-refractivity contribution in [2.75, 3.05) is 26.2 Å². The lowest BCUT2D eigenvalue weighted by molar-refractivity contribution is -0.139. The van der Waals surface area contributed by atoms with Crippen LogP contribution in [0.3, 0.4) is 0 Å². The molecule has 5 heteroatoms. The first kappa shape index (κ1) is 17.7. The fraction of sp³-hybridized carbons (Fsp3) is 0.933. The molecule has 1 saturated heterocycles. The van der Waals surface area contributed by atoms with E-state index < -0.39 is 0 Å². The van der Waals surface area contributed by atoms with Gasteiger partial charge >= 0.3 is 0 Å². The Labute approximate surface area is 128 Å². The summed E-state index contributed by atoms with van der Waals surface area (Å²) in [5, 5.41) is 0. The molecule has 1 aliphatic carbocycles. The molecular weight excluding hydrogens is 276 g/mol. The molecule has 0 aromatic carbocycles. The Morgan fingerprint density at radius 2 is 2.10 bits per heavy atom. The first-order chi connectivity index (χ1) is 9.04. The second kappa shape index (κ2) is 7.62. The topological polar surface area (TPSA) is 55.6 Å². The van der Waals surface area contributed by atoms with Crippen molar-refractivity contribution < 1.29 is 9.53 Å². The van der Waals surface area contributed by atoms with Crippen LogP contribution in [0.2, 0.25) is 0 Å². The Morgan fingerprint density at radius 1 is 1.40 bits per heavy atom. The van der Waals surface area contributed by atoms with Gasteiger partial charge in [0.25, 0.3) is 0 Å². The summed E-state index contributed by atoms with van der Waals surface area (Å²) >= 11 is 0. The molecule has 20 heavy (non-hydrogen) atoms. The number of halogens is 1.